The molecule has 2 N–H and O–H groups in total. The van der Waals surface area contributed by atoms with Crippen LogP contribution < -0.4 is 9.78 Å². The molecule has 0 unspecified atom stereocenters. The van der Waals surface area contributed by atoms with Crippen LogP contribution in [-0.4, -0.2) is 10.2 Å². The molecule has 0 amide bonds. The number of hydrogen-bond donors (Lipinski definition) is 2. The molecule has 0 atom stereocenters. The van der Waals surface area contributed by atoms with E-state index in [2.05, 4.69) is 0 Å². The summed E-state index contributed by atoms with van der Waals surface area (Å²) < 4.78 is 0. The first-order chi connectivity index (χ1) is 8.56. The lowest BCUT2D eigenvalue weighted by Gasteiger charge is -2.08. The molecule has 18 heavy (non-hydrogen) atoms. The number of phenolic OH excluding ortho intramolecular Hbond substituents is 2. The first-order valence-electron chi connectivity index (χ1n) is 4.88. The van der Waals surface area contributed by atoms with Gasteiger partial charge in [-0.25, -0.2) is 0 Å². The summed E-state index contributed by atoms with van der Waals surface area (Å²) in [7, 11) is 0. The van der Waals surface area contributed by atoms with Crippen LogP contribution in [-0.2, 0) is 0 Å². The third kappa shape index (κ3) is 2.91. The Morgan fingerprint density at radius 3 is 1.44 bits per heavy atom. The second kappa shape index (κ2) is 5.25. The number of rotatable bonds is 3. The van der Waals surface area contributed by atoms with Gasteiger partial charge in [-0.3, -0.25) is 9.78 Å². The monoisotopic (exact) mass is 286 g/mol. The zero-order valence-electron chi connectivity index (χ0n) is 8.93. The molecular formula is C12H8Cl2O4. The highest BCUT2D eigenvalue weighted by Crippen LogP contribution is 2.31. The van der Waals surface area contributed by atoms with Crippen LogP contribution in [0.4, 0.5) is 0 Å². The predicted octanol–water partition coefficient (Wildman–Crippen LogP) is 3.78. The summed E-state index contributed by atoms with van der Waals surface area (Å²) in [5, 5.41) is 18.7. The Bertz CT molecular complexity index is 520. The van der Waals surface area contributed by atoms with Crippen molar-refractivity contribution >= 4 is 23.2 Å². The highest BCUT2D eigenvalue weighted by atomic mass is 35.5. The van der Waals surface area contributed by atoms with Crippen molar-refractivity contribution < 1.29 is 20.0 Å². The van der Waals surface area contributed by atoms with Crippen LogP contribution in [0.1, 0.15) is 0 Å². The molecule has 94 valence electrons. The molecule has 4 nitrogen and oxygen atoms in total. The molecule has 0 bridgehead atoms. The highest BCUT2D eigenvalue weighted by molar-refractivity contribution is 6.32. The van der Waals surface area contributed by atoms with Crippen LogP contribution >= 0.6 is 23.2 Å². The van der Waals surface area contributed by atoms with Gasteiger partial charge in [0.15, 0.2) is 11.5 Å². The van der Waals surface area contributed by atoms with Crippen molar-refractivity contribution in [1.29, 1.82) is 0 Å². The first kappa shape index (κ1) is 12.7. The van der Waals surface area contributed by atoms with E-state index < -0.39 is 0 Å². The van der Waals surface area contributed by atoms with Gasteiger partial charge in [0.05, 0.1) is 10.0 Å². The zero-order valence-corrected chi connectivity index (χ0v) is 10.4. The minimum absolute atomic E-state index is 0.0232. The van der Waals surface area contributed by atoms with E-state index in [0.717, 1.165) is 0 Å². The molecule has 2 rings (SSSR count). The molecule has 6 heteroatoms. The number of phenols is 2. The van der Waals surface area contributed by atoms with E-state index in [-0.39, 0.29) is 33.0 Å². The molecule has 0 aliphatic carbocycles. The Morgan fingerprint density at radius 1 is 0.722 bits per heavy atom. The highest BCUT2D eigenvalue weighted by Gasteiger charge is 2.08. The Balaban J connectivity index is 2.11. The minimum atomic E-state index is 0.0232. The van der Waals surface area contributed by atoms with Gasteiger partial charge in [0.25, 0.3) is 0 Å². The fourth-order valence-corrected chi connectivity index (χ4v) is 1.62. The van der Waals surface area contributed by atoms with Gasteiger partial charge in [0.2, 0.25) is 0 Å². The second-order valence-corrected chi connectivity index (χ2v) is 4.21. The van der Waals surface area contributed by atoms with Gasteiger partial charge in [-0.1, -0.05) is 23.2 Å². The van der Waals surface area contributed by atoms with E-state index in [9.17, 15) is 0 Å². The average Bonchev–Trinajstić information content (AvgIpc) is 2.30. The number of benzene rings is 2. The molecule has 0 saturated carbocycles. The van der Waals surface area contributed by atoms with Crippen LogP contribution in [0.3, 0.4) is 0 Å². The summed E-state index contributed by atoms with van der Waals surface area (Å²) in [4.78, 5) is 9.98. The number of hydrogen-bond acceptors (Lipinski definition) is 4. The smallest absolute Gasteiger partial charge is 0.197 e. The maximum absolute atomic E-state index is 9.17. The van der Waals surface area contributed by atoms with Crippen LogP contribution in [0.25, 0.3) is 0 Å². The second-order valence-electron chi connectivity index (χ2n) is 3.40. The van der Waals surface area contributed by atoms with Crippen LogP contribution in [0, 0.1) is 0 Å². The number of aromatic hydroxyl groups is 2. The van der Waals surface area contributed by atoms with Crippen LogP contribution in [0.5, 0.6) is 23.0 Å². The van der Waals surface area contributed by atoms with Crippen molar-refractivity contribution in [3.05, 3.63) is 46.4 Å². The molecule has 0 aliphatic heterocycles. The lowest BCUT2D eigenvalue weighted by molar-refractivity contribution is -0.0997. The first-order valence-corrected chi connectivity index (χ1v) is 5.63. The molecule has 0 radical (unpaired) electrons. The Morgan fingerprint density at radius 2 is 1.11 bits per heavy atom. The van der Waals surface area contributed by atoms with Crippen molar-refractivity contribution in [3.8, 4) is 23.0 Å². The summed E-state index contributed by atoms with van der Waals surface area (Å²) in [6.45, 7) is 0. The third-order valence-electron chi connectivity index (χ3n) is 2.05. The third-order valence-corrected chi connectivity index (χ3v) is 2.64. The fraction of sp³-hybridized carbons (Fsp3) is 0. The molecule has 0 aromatic heterocycles. The van der Waals surface area contributed by atoms with Crippen molar-refractivity contribution in [2.24, 2.45) is 0 Å². The van der Waals surface area contributed by atoms with Crippen molar-refractivity contribution in [2.45, 2.75) is 0 Å². The molecular weight excluding hydrogens is 279 g/mol. The van der Waals surface area contributed by atoms with Gasteiger partial charge in [-0.05, 0) is 24.3 Å². The summed E-state index contributed by atoms with van der Waals surface area (Å²) in [6.07, 6.45) is 0. The summed E-state index contributed by atoms with van der Waals surface area (Å²) in [5.41, 5.74) is 0. The van der Waals surface area contributed by atoms with Crippen molar-refractivity contribution in [3.63, 3.8) is 0 Å². The molecule has 0 saturated heterocycles. The lowest BCUT2D eigenvalue weighted by Crippen LogP contribution is -2.01. The molecule has 0 aliphatic rings. The van der Waals surface area contributed by atoms with E-state index in [1.807, 2.05) is 0 Å². The van der Waals surface area contributed by atoms with Gasteiger partial charge < -0.3 is 10.2 Å². The molecule has 0 heterocycles. The van der Waals surface area contributed by atoms with Crippen molar-refractivity contribution in [2.75, 3.05) is 0 Å². The molecule has 0 fully saturated rings. The van der Waals surface area contributed by atoms with Crippen LogP contribution in [0.15, 0.2) is 36.4 Å². The van der Waals surface area contributed by atoms with Crippen molar-refractivity contribution in [1.82, 2.24) is 0 Å². The molecule has 2 aromatic rings. The summed E-state index contributed by atoms with van der Waals surface area (Å²) >= 11 is 11.6. The van der Waals surface area contributed by atoms with Gasteiger partial charge in [0.1, 0.15) is 11.5 Å². The predicted molar refractivity (Wildman–Crippen MR) is 67.5 cm³/mol. The lowest BCUT2D eigenvalue weighted by atomic mass is 10.3. The van der Waals surface area contributed by atoms with Gasteiger partial charge >= 0.3 is 0 Å². The standard InChI is InChI=1S/C12H8Cl2O4/c13-9-5-7(15)1-3-11(9)17-18-12-4-2-8(16)6-10(12)14/h1-6,15-16H. The minimum Gasteiger partial charge on any atom is -0.508 e. The molecule has 2 aromatic carbocycles. The quantitative estimate of drug-likeness (QED) is 0.666. The van der Waals surface area contributed by atoms with Gasteiger partial charge in [-0.2, -0.15) is 0 Å². The van der Waals surface area contributed by atoms with E-state index in [4.69, 9.17) is 43.2 Å². The number of halogens is 2. The summed E-state index contributed by atoms with van der Waals surface area (Å²) in [5.74, 6) is 0.516. The largest absolute Gasteiger partial charge is 0.508 e. The van der Waals surface area contributed by atoms with Gasteiger partial charge in [-0.15, -0.1) is 0 Å². The van der Waals surface area contributed by atoms with E-state index >= 15 is 0 Å². The normalized spacial score (nSPS) is 10.1. The Kier molecular flexibility index (Phi) is 3.69. The maximum Gasteiger partial charge on any atom is 0.197 e. The maximum atomic E-state index is 9.17. The Labute approximate surface area is 113 Å². The Hall–Kier alpha value is -1.78. The van der Waals surface area contributed by atoms with Crippen LogP contribution in [0.2, 0.25) is 10.0 Å². The molecule has 0 spiro atoms. The van der Waals surface area contributed by atoms with E-state index in [1.54, 1.807) is 0 Å². The zero-order chi connectivity index (χ0) is 13.1. The fourth-order valence-electron chi connectivity index (χ4n) is 1.20. The van der Waals surface area contributed by atoms with E-state index in [0.29, 0.717) is 0 Å². The summed E-state index contributed by atoms with van der Waals surface area (Å²) in [6, 6.07) is 8.35. The SMILES string of the molecule is Oc1ccc(OOc2ccc(O)cc2Cl)c(Cl)c1. The topological polar surface area (TPSA) is 58.9 Å². The average molecular weight is 287 g/mol. The van der Waals surface area contributed by atoms with E-state index in [1.165, 1.54) is 36.4 Å². The van der Waals surface area contributed by atoms with Gasteiger partial charge in [0, 0.05) is 12.1 Å².